The Hall–Kier alpha value is -0.820. The molecule has 18 heavy (non-hydrogen) atoms. The molecule has 0 unspecified atom stereocenters. The molecule has 1 aromatic rings. The van der Waals surface area contributed by atoms with Crippen LogP contribution in [0.4, 0.5) is 0 Å². The molecule has 0 atom stereocenters. The smallest absolute Gasteiger partial charge is 0.0211 e. The Morgan fingerprint density at radius 1 is 1.17 bits per heavy atom. The largest absolute Gasteiger partial charge is 0.312 e. The lowest BCUT2D eigenvalue weighted by molar-refractivity contribution is 0.317. The van der Waals surface area contributed by atoms with Gasteiger partial charge in [-0.3, -0.25) is 0 Å². The topological polar surface area (TPSA) is 12.0 Å². The number of fused-ring (bicyclic) bond motifs is 1. The van der Waals surface area contributed by atoms with Crippen molar-refractivity contribution in [1.29, 1.82) is 0 Å². The van der Waals surface area contributed by atoms with Gasteiger partial charge in [0.1, 0.15) is 0 Å². The Balaban J connectivity index is 1.80. The summed E-state index contributed by atoms with van der Waals surface area (Å²) in [5.74, 6) is 1.83. The van der Waals surface area contributed by atoms with Crippen LogP contribution in [0.5, 0.6) is 0 Å². The summed E-state index contributed by atoms with van der Waals surface area (Å²) in [6.07, 6.45) is 8.30. The molecule has 1 aliphatic heterocycles. The van der Waals surface area contributed by atoms with E-state index in [1.165, 1.54) is 38.5 Å². The fourth-order valence-corrected chi connectivity index (χ4v) is 3.80. The molecule has 2 aliphatic rings. The highest BCUT2D eigenvalue weighted by atomic mass is 14.9. The van der Waals surface area contributed by atoms with Gasteiger partial charge in [0, 0.05) is 6.54 Å². The second kappa shape index (κ2) is 5.44. The van der Waals surface area contributed by atoms with Crippen molar-refractivity contribution in [3.05, 3.63) is 34.9 Å². The molecule has 3 rings (SSSR count). The minimum absolute atomic E-state index is 0.836. The number of rotatable bonds is 2. The molecule has 1 heterocycles. The van der Waals surface area contributed by atoms with Crippen molar-refractivity contribution < 1.29 is 0 Å². The van der Waals surface area contributed by atoms with Gasteiger partial charge in [0.05, 0.1) is 0 Å². The second-order valence-corrected chi connectivity index (χ2v) is 6.04. The van der Waals surface area contributed by atoms with Crippen molar-refractivity contribution in [2.75, 3.05) is 6.54 Å². The highest BCUT2D eigenvalue weighted by Gasteiger charge is 2.24. The predicted molar refractivity (Wildman–Crippen MR) is 76.8 cm³/mol. The first kappa shape index (κ1) is 12.2. The van der Waals surface area contributed by atoms with Crippen molar-refractivity contribution >= 4 is 0 Å². The van der Waals surface area contributed by atoms with E-state index in [1.807, 2.05) is 0 Å². The van der Waals surface area contributed by atoms with Gasteiger partial charge in [-0.15, -0.1) is 0 Å². The van der Waals surface area contributed by atoms with E-state index in [0.29, 0.717) is 0 Å². The molecule has 1 saturated carbocycles. The number of nitrogens with one attached hydrogen (secondary N) is 1. The van der Waals surface area contributed by atoms with Crippen LogP contribution in [0, 0.1) is 5.92 Å². The zero-order valence-electron chi connectivity index (χ0n) is 11.5. The Bertz CT molecular complexity index is 402. The van der Waals surface area contributed by atoms with Crippen LogP contribution < -0.4 is 5.32 Å². The van der Waals surface area contributed by atoms with E-state index in [-0.39, 0.29) is 0 Å². The van der Waals surface area contributed by atoms with E-state index in [0.717, 1.165) is 24.9 Å². The lowest BCUT2D eigenvalue weighted by Gasteiger charge is -2.31. The lowest BCUT2D eigenvalue weighted by Crippen LogP contribution is -2.26. The molecule has 0 spiro atoms. The minimum Gasteiger partial charge on any atom is -0.312 e. The van der Waals surface area contributed by atoms with Crippen molar-refractivity contribution in [2.24, 2.45) is 5.92 Å². The zero-order chi connectivity index (χ0) is 12.4. The van der Waals surface area contributed by atoms with Crippen LogP contribution in [-0.4, -0.2) is 6.54 Å². The third kappa shape index (κ3) is 2.33. The molecular weight excluding hydrogens is 218 g/mol. The van der Waals surface area contributed by atoms with E-state index in [1.54, 1.807) is 16.7 Å². The van der Waals surface area contributed by atoms with Gasteiger partial charge in [0.15, 0.2) is 0 Å². The zero-order valence-corrected chi connectivity index (χ0v) is 11.5. The Morgan fingerprint density at radius 3 is 2.78 bits per heavy atom. The molecule has 1 N–H and O–H groups in total. The molecule has 0 saturated heterocycles. The van der Waals surface area contributed by atoms with Crippen LogP contribution in [0.25, 0.3) is 0 Å². The van der Waals surface area contributed by atoms with Crippen molar-refractivity contribution in [3.63, 3.8) is 0 Å². The number of hydrogen-bond acceptors (Lipinski definition) is 1. The van der Waals surface area contributed by atoms with Gasteiger partial charge in [0.2, 0.25) is 0 Å². The highest BCUT2D eigenvalue weighted by Crippen LogP contribution is 2.39. The summed E-state index contributed by atoms with van der Waals surface area (Å²) in [6, 6.07) is 7.01. The van der Waals surface area contributed by atoms with E-state index >= 15 is 0 Å². The SMILES string of the molecule is CCC1CCC(c2cccc3c2CNCC3)CC1. The van der Waals surface area contributed by atoms with Gasteiger partial charge in [-0.05, 0) is 67.2 Å². The van der Waals surface area contributed by atoms with Gasteiger partial charge in [0.25, 0.3) is 0 Å². The first-order chi connectivity index (χ1) is 8.88. The lowest BCUT2D eigenvalue weighted by atomic mass is 9.75. The first-order valence-corrected chi connectivity index (χ1v) is 7.70. The summed E-state index contributed by atoms with van der Waals surface area (Å²) in [5, 5.41) is 3.54. The van der Waals surface area contributed by atoms with Gasteiger partial charge in [-0.1, -0.05) is 31.5 Å². The molecular formula is C17H25N. The highest BCUT2D eigenvalue weighted by molar-refractivity contribution is 5.39. The van der Waals surface area contributed by atoms with Crippen LogP contribution in [0.15, 0.2) is 18.2 Å². The van der Waals surface area contributed by atoms with Crippen LogP contribution in [-0.2, 0) is 13.0 Å². The molecule has 0 bridgehead atoms. The van der Waals surface area contributed by atoms with Gasteiger partial charge >= 0.3 is 0 Å². The summed E-state index contributed by atoms with van der Waals surface area (Å²) in [4.78, 5) is 0. The van der Waals surface area contributed by atoms with Crippen LogP contribution in [0.3, 0.4) is 0 Å². The monoisotopic (exact) mass is 243 g/mol. The fourth-order valence-electron chi connectivity index (χ4n) is 3.80. The van der Waals surface area contributed by atoms with Crippen molar-refractivity contribution in [3.8, 4) is 0 Å². The third-order valence-electron chi connectivity index (χ3n) is 5.05. The van der Waals surface area contributed by atoms with E-state index in [9.17, 15) is 0 Å². The Labute approximate surface area is 111 Å². The number of hydrogen-bond donors (Lipinski definition) is 1. The molecule has 1 heteroatoms. The molecule has 1 fully saturated rings. The minimum atomic E-state index is 0.836. The fraction of sp³-hybridized carbons (Fsp3) is 0.647. The van der Waals surface area contributed by atoms with Crippen LogP contribution >= 0.6 is 0 Å². The maximum atomic E-state index is 3.54. The second-order valence-electron chi connectivity index (χ2n) is 6.04. The summed E-state index contributed by atoms with van der Waals surface area (Å²) in [7, 11) is 0. The average molecular weight is 243 g/mol. The quantitative estimate of drug-likeness (QED) is 0.827. The van der Waals surface area contributed by atoms with E-state index in [4.69, 9.17) is 0 Å². The Kier molecular flexibility index (Phi) is 3.69. The molecule has 0 aromatic heterocycles. The molecule has 98 valence electrons. The molecule has 1 nitrogen and oxygen atoms in total. The van der Waals surface area contributed by atoms with Gasteiger partial charge < -0.3 is 5.32 Å². The van der Waals surface area contributed by atoms with Crippen LogP contribution in [0.2, 0.25) is 0 Å². The predicted octanol–water partition coefficient (Wildman–Crippen LogP) is 4.02. The normalized spacial score (nSPS) is 27.8. The van der Waals surface area contributed by atoms with E-state index < -0.39 is 0 Å². The summed E-state index contributed by atoms with van der Waals surface area (Å²) in [5.41, 5.74) is 4.89. The standard InChI is InChI=1S/C17H25N/c1-2-13-6-8-15(9-7-13)16-5-3-4-14-10-11-18-12-17(14)16/h3-5,13,15,18H,2,6-12H2,1H3. The summed E-state index contributed by atoms with van der Waals surface area (Å²) in [6.45, 7) is 4.59. The van der Waals surface area contributed by atoms with Gasteiger partial charge in [-0.2, -0.15) is 0 Å². The maximum absolute atomic E-state index is 3.54. The van der Waals surface area contributed by atoms with Crippen molar-refractivity contribution in [2.45, 2.75) is 57.9 Å². The van der Waals surface area contributed by atoms with Gasteiger partial charge in [-0.25, -0.2) is 0 Å². The molecule has 0 amide bonds. The maximum Gasteiger partial charge on any atom is 0.0211 e. The third-order valence-corrected chi connectivity index (χ3v) is 5.05. The summed E-state index contributed by atoms with van der Waals surface area (Å²) < 4.78 is 0. The molecule has 1 aliphatic carbocycles. The Morgan fingerprint density at radius 2 is 2.00 bits per heavy atom. The van der Waals surface area contributed by atoms with Crippen molar-refractivity contribution in [1.82, 2.24) is 5.32 Å². The number of benzene rings is 1. The molecule has 1 aromatic carbocycles. The molecule has 0 radical (unpaired) electrons. The van der Waals surface area contributed by atoms with E-state index in [2.05, 4.69) is 30.4 Å². The first-order valence-electron chi connectivity index (χ1n) is 7.70. The van der Waals surface area contributed by atoms with Crippen LogP contribution in [0.1, 0.15) is 61.6 Å². The summed E-state index contributed by atoms with van der Waals surface area (Å²) >= 11 is 0. The average Bonchev–Trinajstić information content (AvgIpc) is 2.47.